The Hall–Kier alpha value is -1.96. The third kappa shape index (κ3) is 2.33. The first-order valence-electron chi connectivity index (χ1n) is 5.59. The van der Waals surface area contributed by atoms with E-state index in [1.807, 2.05) is 6.92 Å². The molecular formula is C10H15N4O4+. The molecule has 98 valence electrons. The quantitative estimate of drug-likeness (QED) is 0.782. The number of aromatic amines is 1. The molecule has 8 nitrogen and oxygen atoms in total. The molecule has 0 spiro atoms. The summed E-state index contributed by atoms with van der Waals surface area (Å²) in [6.07, 6.45) is 1.24. The van der Waals surface area contributed by atoms with Gasteiger partial charge >= 0.3 is 5.69 Å². The molecule has 0 aromatic carbocycles. The maximum absolute atomic E-state index is 12.2. The first-order valence-corrected chi connectivity index (χ1v) is 5.59. The lowest BCUT2D eigenvalue weighted by Crippen LogP contribution is -2.44. The van der Waals surface area contributed by atoms with Crippen LogP contribution in [0.3, 0.4) is 0 Å². The fourth-order valence-electron chi connectivity index (χ4n) is 1.83. The predicted molar refractivity (Wildman–Crippen MR) is 60.2 cm³/mol. The standard InChI is InChI=1S/C10H14N4O4/c1-7-6-13(3-4-18-7)10(15)9-8(5-11-12-9)14(16)17-2/h5,7H,3-4,6H2,1-2H3/p+1. The first-order chi connectivity index (χ1) is 8.63. The Morgan fingerprint density at radius 1 is 1.72 bits per heavy atom. The Morgan fingerprint density at radius 3 is 3.17 bits per heavy atom. The molecule has 0 saturated carbocycles. The van der Waals surface area contributed by atoms with E-state index in [9.17, 15) is 9.70 Å². The van der Waals surface area contributed by atoms with Crippen molar-refractivity contribution in [3.63, 3.8) is 0 Å². The number of nitrogens with zero attached hydrogens (tertiary/aromatic N) is 3. The summed E-state index contributed by atoms with van der Waals surface area (Å²) in [4.78, 5) is 30.0. The van der Waals surface area contributed by atoms with Crippen molar-refractivity contribution in [2.45, 2.75) is 13.0 Å². The molecule has 1 amide bonds. The number of hydrogen-bond acceptors (Lipinski definition) is 5. The molecule has 1 aliphatic heterocycles. The third-order valence-corrected chi connectivity index (χ3v) is 2.72. The van der Waals surface area contributed by atoms with Crippen molar-refractivity contribution in [1.82, 2.24) is 15.1 Å². The van der Waals surface area contributed by atoms with Crippen LogP contribution in [0.2, 0.25) is 0 Å². The summed E-state index contributed by atoms with van der Waals surface area (Å²) in [7, 11) is 1.23. The molecular weight excluding hydrogens is 240 g/mol. The average molecular weight is 255 g/mol. The summed E-state index contributed by atoms with van der Waals surface area (Å²) in [6, 6.07) is 0. The van der Waals surface area contributed by atoms with Crippen molar-refractivity contribution in [3.05, 3.63) is 16.8 Å². The van der Waals surface area contributed by atoms with Gasteiger partial charge in [-0.05, 0) is 6.92 Å². The van der Waals surface area contributed by atoms with Crippen molar-refractivity contribution in [3.8, 4) is 0 Å². The number of ether oxygens (including phenoxy) is 1. The summed E-state index contributed by atoms with van der Waals surface area (Å²) < 4.78 is 5.36. The van der Waals surface area contributed by atoms with Gasteiger partial charge in [0.2, 0.25) is 5.69 Å². The van der Waals surface area contributed by atoms with Gasteiger partial charge in [-0.25, -0.2) is 4.84 Å². The van der Waals surface area contributed by atoms with Gasteiger partial charge in [-0.15, -0.1) is 0 Å². The fourth-order valence-corrected chi connectivity index (χ4v) is 1.83. The topological polar surface area (TPSA) is 87.5 Å². The van der Waals surface area contributed by atoms with Crippen LogP contribution in [0.25, 0.3) is 0 Å². The normalized spacial score (nSPS) is 19.7. The lowest BCUT2D eigenvalue weighted by molar-refractivity contribution is -0.736. The Kier molecular flexibility index (Phi) is 3.56. The third-order valence-electron chi connectivity index (χ3n) is 2.72. The van der Waals surface area contributed by atoms with Gasteiger partial charge in [-0.2, -0.15) is 5.10 Å². The van der Waals surface area contributed by atoms with E-state index in [0.717, 1.165) is 0 Å². The van der Waals surface area contributed by atoms with Crippen molar-refractivity contribution >= 4 is 11.6 Å². The number of rotatable bonds is 3. The second-order valence-electron chi connectivity index (χ2n) is 4.00. The molecule has 0 radical (unpaired) electrons. The van der Waals surface area contributed by atoms with Gasteiger partial charge in [-0.1, -0.05) is 0 Å². The number of nitrogens with one attached hydrogen (secondary N) is 1. The SMILES string of the molecule is CO[N+](=O)c1cn[nH]c1C(=O)N1CCOC(C)C1. The monoisotopic (exact) mass is 255 g/mol. The van der Waals surface area contributed by atoms with Crippen LogP contribution >= 0.6 is 0 Å². The lowest BCUT2D eigenvalue weighted by atomic mass is 10.2. The maximum atomic E-state index is 12.2. The van der Waals surface area contributed by atoms with Crippen LogP contribution in [0.1, 0.15) is 17.4 Å². The Morgan fingerprint density at radius 2 is 2.50 bits per heavy atom. The van der Waals surface area contributed by atoms with Crippen molar-refractivity contribution in [2.24, 2.45) is 0 Å². The van der Waals surface area contributed by atoms with Gasteiger partial charge in [0.25, 0.3) is 10.8 Å². The van der Waals surface area contributed by atoms with Gasteiger partial charge in [0.1, 0.15) is 6.20 Å². The zero-order valence-corrected chi connectivity index (χ0v) is 10.3. The minimum Gasteiger partial charge on any atom is -0.375 e. The summed E-state index contributed by atoms with van der Waals surface area (Å²) in [5.74, 6) is -0.282. The van der Waals surface area contributed by atoms with Gasteiger partial charge in [0.15, 0.2) is 7.11 Å². The first kappa shape index (κ1) is 12.5. The van der Waals surface area contributed by atoms with Gasteiger partial charge in [0, 0.05) is 13.1 Å². The number of hydrogen-bond donors (Lipinski definition) is 1. The molecule has 0 bridgehead atoms. The highest BCUT2D eigenvalue weighted by atomic mass is 16.8. The molecule has 8 heteroatoms. The largest absolute Gasteiger partial charge is 0.375 e. The molecule has 1 aliphatic rings. The summed E-state index contributed by atoms with van der Waals surface area (Å²) in [5.41, 5.74) is 0.197. The molecule has 1 aromatic rings. The fraction of sp³-hybridized carbons (Fsp3) is 0.600. The second kappa shape index (κ2) is 5.13. The van der Waals surface area contributed by atoms with Crippen LogP contribution in [-0.2, 0) is 9.57 Å². The van der Waals surface area contributed by atoms with Crippen molar-refractivity contribution in [1.29, 1.82) is 0 Å². The van der Waals surface area contributed by atoms with Gasteiger partial charge < -0.3 is 9.64 Å². The van der Waals surface area contributed by atoms with E-state index >= 15 is 0 Å². The second-order valence-corrected chi connectivity index (χ2v) is 4.00. The molecule has 1 N–H and O–H groups in total. The van der Waals surface area contributed by atoms with Crippen LogP contribution in [-0.4, -0.2) is 58.8 Å². The van der Waals surface area contributed by atoms with Gasteiger partial charge in [0.05, 0.1) is 17.6 Å². The van der Waals surface area contributed by atoms with E-state index in [0.29, 0.717) is 19.7 Å². The number of carbonyl (C=O) groups excluding carboxylic acids is 1. The highest BCUT2D eigenvalue weighted by Gasteiger charge is 2.32. The van der Waals surface area contributed by atoms with E-state index in [1.54, 1.807) is 4.90 Å². The molecule has 1 aromatic heterocycles. The number of amides is 1. The van der Waals surface area contributed by atoms with Crippen LogP contribution in [0.15, 0.2) is 6.20 Å². The molecule has 1 fully saturated rings. The summed E-state index contributed by atoms with van der Waals surface area (Å²) in [5, 5.41) is 6.23. The molecule has 1 saturated heterocycles. The van der Waals surface area contributed by atoms with Crippen molar-refractivity contribution in [2.75, 3.05) is 26.8 Å². The summed E-state index contributed by atoms with van der Waals surface area (Å²) >= 11 is 0. The van der Waals surface area contributed by atoms with Crippen LogP contribution < -0.4 is 0 Å². The Balaban J connectivity index is 2.18. The highest BCUT2D eigenvalue weighted by molar-refractivity contribution is 5.96. The number of carbonyl (C=O) groups is 1. The van der Waals surface area contributed by atoms with E-state index in [4.69, 9.17) is 4.74 Å². The maximum Gasteiger partial charge on any atom is 0.366 e. The molecule has 2 heterocycles. The highest BCUT2D eigenvalue weighted by Crippen LogP contribution is 2.18. The number of H-pyrrole nitrogens is 1. The van der Waals surface area contributed by atoms with E-state index in [2.05, 4.69) is 15.0 Å². The molecule has 0 aliphatic carbocycles. The Labute approximate surface area is 103 Å². The predicted octanol–water partition coefficient (Wildman–Crippen LogP) is 0.242. The van der Waals surface area contributed by atoms with Crippen LogP contribution in [0, 0.1) is 4.91 Å². The molecule has 2 rings (SSSR count). The lowest BCUT2D eigenvalue weighted by Gasteiger charge is -2.30. The molecule has 18 heavy (non-hydrogen) atoms. The molecule has 1 atom stereocenters. The summed E-state index contributed by atoms with van der Waals surface area (Å²) in [6.45, 7) is 3.36. The zero-order valence-electron chi connectivity index (χ0n) is 10.3. The van der Waals surface area contributed by atoms with Crippen LogP contribution in [0.4, 0.5) is 5.69 Å². The minimum absolute atomic E-state index is 0.0140. The molecule has 1 unspecified atom stereocenters. The van der Waals surface area contributed by atoms with Crippen LogP contribution in [0.5, 0.6) is 0 Å². The van der Waals surface area contributed by atoms with E-state index in [-0.39, 0.29) is 28.3 Å². The Bertz CT molecular complexity index is 458. The number of aromatic nitrogens is 2. The van der Waals surface area contributed by atoms with Crippen molar-refractivity contribution < 1.29 is 19.3 Å². The average Bonchev–Trinajstić information content (AvgIpc) is 2.86. The van der Waals surface area contributed by atoms with E-state index in [1.165, 1.54) is 13.3 Å². The number of morpholine rings is 1. The van der Waals surface area contributed by atoms with E-state index < -0.39 is 0 Å². The van der Waals surface area contributed by atoms with Gasteiger partial charge in [-0.3, -0.25) is 9.89 Å². The minimum atomic E-state index is -0.282. The smallest absolute Gasteiger partial charge is 0.366 e. The zero-order chi connectivity index (χ0) is 13.1.